The molecule has 10 heteroatoms. The number of nitrogens with zero attached hydrogens (tertiary/aromatic N) is 3. The molecule has 2 amide bonds. The zero-order chi connectivity index (χ0) is 25.9. The van der Waals surface area contributed by atoms with Gasteiger partial charge in [0.25, 0.3) is 6.01 Å². The molecule has 0 spiro atoms. The molecule has 1 aliphatic rings. The maximum Gasteiger partial charge on any atom is 0.296 e. The van der Waals surface area contributed by atoms with Crippen LogP contribution in [0.15, 0.2) is 46.9 Å². The molecule has 0 saturated carbocycles. The zero-order valence-electron chi connectivity index (χ0n) is 21.0. The number of halogens is 1. The van der Waals surface area contributed by atoms with Crippen molar-refractivity contribution in [3.63, 3.8) is 0 Å². The number of para-hydroxylation sites is 3. The molecule has 0 bridgehead atoms. The van der Waals surface area contributed by atoms with E-state index in [9.17, 15) is 14.0 Å². The Hall–Kier alpha value is -3.95. The Morgan fingerprint density at radius 3 is 2.81 bits per heavy atom. The average molecular weight is 507 g/mol. The summed E-state index contributed by atoms with van der Waals surface area (Å²) < 4.78 is 19.9. The Bertz CT molecular complexity index is 1380. The number of carbonyl (C=O) groups is 2. The molecule has 0 aliphatic carbocycles. The number of benzene rings is 2. The lowest BCUT2D eigenvalue weighted by molar-refractivity contribution is -0.137. The minimum Gasteiger partial charge on any atom is -0.424 e. The van der Waals surface area contributed by atoms with E-state index in [1.807, 2.05) is 23.1 Å². The predicted octanol–water partition coefficient (Wildman–Crippen LogP) is 4.68. The normalized spacial score (nSPS) is 17.6. The minimum absolute atomic E-state index is 0.0530. The van der Waals surface area contributed by atoms with Gasteiger partial charge in [0.05, 0.1) is 18.0 Å². The number of imidazole rings is 1. The fourth-order valence-electron chi connectivity index (χ4n) is 4.94. The van der Waals surface area contributed by atoms with Gasteiger partial charge in [0.1, 0.15) is 22.9 Å². The molecule has 3 heterocycles. The van der Waals surface area contributed by atoms with Crippen LogP contribution in [0.3, 0.4) is 0 Å². The van der Waals surface area contributed by atoms with Crippen LogP contribution >= 0.6 is 0 Å². The van der Waals surface area contributed by atoms with E-state index >= 15 is 0 Å². The number of rotatable bonds is 8. The molecular formula is C27H31FN6O3. The lowest BCUT2D eigenvalue weighted by atomic mass is 9.99. The zero-order valence-corrected chi connectivity index (χ0v) is 21.0. The number of oxazole rings is 1. The quantitative estimate of drug-likeness (QED) is 0.320. The maximum atomic E-state index is 14.1. The summed E-state index contributed by atoms with van der Waals surface area (Å²) in [5, 5.41) is 5.94. The van der Waals surface area contributed by atoms with Crippen LogP contribution in [0.25, 0.3) is 22.1 Å². The molecular weight excluding hydrogens is 475 g/mol. The highest BCUT2D eigenvalue weighted by Crippen LogP contribution is 2.24. The van der Waals surface area contributed by atoms with Crippen molar-refractivity contribution in [3.05, 3.63) is 54.1 Å². The number of amides is 2. The van der Waals surface area contributed by atoms with Crippen LogP contribution in [-0.4, -0.2) is 50.3 Å². The van der Waals surface area contributed by atoms with Gasteiger partial charge in [0.15, 0.2) is 11.4 Å². The van der Waals surface area contributed by atoms with E-state index in [0.29, 0.717) is 29.0 Å². The van der Waals surface area contributed by atoms with Gasteiger partial charge in [-0.1, -0.05) is 25.1 Å². The molecule has 3 N–H and O–H groups in total. The second-order valence-corrected chi connectivity index (χ2v) is 9.52. The Morgan fingerprint density at radius 1 is 1.19 bits per heavy atom. The Morgan fingerprint density at radius 2 is 2.03 bits per heavy atom. The third kappa shape index (κ3) is 5.28. The fourth-order valence-corrected chi connectivity index (χ4v) is 4.94. The van der Waals surface area contributed by atoms with E-state index < -0.39 is 23.8 Å². The molecule has 0 radical (unpaired) electrons. The standard InChI is InChI=1S/C27H31FN6O3/c1-3-17-9-6-7-14-34(17)23(35)15-21(32-27-31-19-11-4-5-13-22(19)37-27)26(36)29-16(2)25-30-20-12-8-10-18(28)24(20)33-25/h4-5,8,10-13,16-17,21H,3,6-7,9,14-15H2,1-2H3,(H,29,36)(H,30,33)(H,31,32)/t16-,17-,21-/m0/s1. The number of piperidine rings is 1. The molecule has 37 heavy (non-hydrogen) atoms. The predicted molar refractivity (Wildman–Crippen MR) is 138 cm³/mol. The second-order valence-electron chi connectivity index (χ2n) is 9.52. The highest BCUT2D eigenvalue weighted by atomic mass is 19.1. The van der Waals surface area contributed by atoms with Gasteiger partial charge in [-0.3, -0.25) is 9.59 Å². The van der Waals surface area contributed by atoms with Gasteiger partial charge in [0, 0.05) is 12.6 Å². The summed E-state index contributed by atoms with van der Waals surface area (Å²) >= 11 is 0. The first-order valence-corrected chi connectivity index (χ1v) is 12.8. The Labute approximate surface area is 213 Å². The minimum atomic E-state index is -0.927. The highest BCUT2D eigenvalue weighted by Gasteiger charge is 2.31. The van der Waals surface area contributed by atoms with Gasteiger partial charge in [-0.05, 0) is 56.9 Å². The smallest absolute Gasteiger partial charge is 0.296 e. The van der Waals surface area contributed by atoms with Crippen LogP contribution in [0.4, 0.5) is 10.4 Å². The Kier molecular flexibility index (Phi) is 7.07. The van der Waals surface area contributed by atoms with Crippen LogP contribution in [0.5, 0.6) is 0 Å². The van der Waals surface area contributed by atoms with Gasteiger partial charge in [-0.25, -0.2) is 9.37 Å². The second kappa shape index (κ2) is 10.6. The number of fused-ring (bicyclic) bond motifs is 2. The molecule has 1 saturated heterocycles. The fraction of sp³-hybridized carbons (Fsp3) is 0.407. The van der Waals surface area contributed by atoms with Gasteiger partial charge in [-0.15, -0.1) is 0 Å². The van der Waals surface area contributed by atoms with E-state index in [0.717, 1.165) is 25.7 Å². The molecule has 3 atom stereocenters. The van der Waals surface area contributed by atoms with Crippen LogP contribution in [0.2, 0.25) is 0 Å². The summed E-state index contributed by atoms with van der Waals surface area (Å²) in [5.74, 6) is -0.517. The number of aromatic nitrogens is 3. The number of hydrogen-bond donors (Lipinski definition) is 3. The van der Waals surface area contributed by atoms with Crippen LogP contribution in [-0.2, 0) is 9.59 Å². The number of nitrogens with one attached hydrogen (secondary N) is 3. The van der Waals surface area contributed by atoms with Crippen molar-refractivity contribution in [2.45, 2.75) is 64.1 Å². The Balaban J connectivity index is 1.36. The highest BCUT2D eigenvalue weighted by molar-refractivity contribution is 5.91. The summed E-state index contributed by atoms with van der Waals surface area (Å²) in [6.45, 7) is 4.52. The SMILES string of the molecule is CC[C@H]1CCCCN1C(=O)C[C@H](Nc1nc2ccccc2o1)C(=O)N[C@@H](C)c1nc2c(F)cccc2[nH]1. The van der Waals surface area contributed by atoms with Crippen LogP contribution < -0.4 is 10.6 Å². The van der Waals surface area contributed by atoms with E-state index in [4.69, 9.17) is 4.42 Å². The lowest BCUT2D eigenvalue weighted by Crippen LogP contribution is -2.48. The molecule has 0 unspecified atom stereocenters. The third-order valence-electron chi connectivity index (χ3n) is 6.96. The molecule has 1 fully saturated rings. The first-order chi connectivity index (χ1) is 17.9. The number of aromatic amines is 1. The number of hydrogen-bond acceptors (Lipinski definition) is 6. The molecule has 4 aromatic rings. The van der Waals surface area contributed by atoms with Gasteiger partial charge in [-0.2, -0.15) is 4.98 Å². The lowest BCUT2D eigenvalue weighted by Gasteiger charge is -2.36. The monoisotopic (exact) mass is 506 g/mol. The van der Waals surface area contributed by atoms with Crippen molar-refractivity contribution < 1.29 is 18.4 Å². The number of H-pyrrole nitrogens is 1. The van der Waals surface area contributed by atoms with Crippen LogP contribution in [0, 0.1) is 5.82 Å². The summed E-state index contributed by atoms with van der Waals surface area (Å²) in [6, 6.07) is 10.8. The number of likely N-dealkylation sites (tertiary alicyclic amines) is 1. The first-order valence-electron chi connectivity index (χ1n) is 12.8. The molecule has 1 aliphatic heterocycles. The first kappa shape index (κ1) is 24.7. The third-order valence-corrected chi connectivity index (χ3v) is 6.96. The van der Waals surface area contributed by atoms with E-state index in [1.165, 1.54) is 6.07 Å². The summed E-state index contributed by atoms with van der Waals surface area (Å²) in [7, 11) is 0. The molecule has 2 aromatic carbocycles. The van der Waals surface area contributed by atoms with Crippen molar-refractivity contribution in [1.82, 2.24) is 25.2 Å². The van der Waals surface area contributed by atoms with Gasteiger partial charge >= 0.3 is 0 Å². The van der Waals surface area contributed by atoms with E-state index in [-0.39, 0.29) is 29.9 Å². The average Bonchev–Trinajstić information content (AvgIpc) is 3.53. The van der Waals surface area contributed by atoms with E-state index in [2.05, 4.69) is 32.5 Å². The largest absolute Gasteiger partial charge is 0.424 e. The topological polar surface area (TPSA) is 116 Å². The molecule has 2 aromatic heterocycles. The van der Waals surface area contributed by atoms with E-state index in [1.54, 1.807) is 25.1 Å². The molecule has 9 nitrogen and oxygen atoms in total. The van der Waals surface area contributed by atoms with Crippen molar-refractivity contribution in [3.8, 4) is 0 Å². The summed E-state index contributed by atoms with van der Waals surface area (Å²) in [6.07, 6.45) is 3.85. The molecule has 5 rings (SSSR count). The number of anilines is 1. The van der Waals surface area contributed by atoms with Crippen LogP contribution in [0.1, 0.15) is 57.8 Å². The summed E-state index contributed by atoms with van der Waals surface area (Å²) in [5.41, 5.74) is 1.99. The number of carbonyl (C=O) groups excluding carboxylic acids is 2. The van der Waals surface area contributed by atoms with Crippen molar-refractivity contribution in [2.75, 3.05) is 11.9 Å². The summed E-state index contributed by atoms with van der Waals surface area (Å²) in [4.78, 5) is 40.5. The van der Waals surface area contributed by atoms with Crippen molar-refractivity contribution >= 4 is 40.0 Å². The van der Waals surface area contributed by atoms with Crippen molar-refractivity contribution in [1.29, 1.82) is 0 Å². The maximum absolute atomic E-state index is 14.1. The molecule has 194 valence electrons. The van der Waals surface area contributed by atoms with Gasteiger partial charge < -0.3 is 24.9 Å². The van der Waals surface area contributed by atoms with Gasteiger partial charge in [0.2, 0.25) is 11.8 Å². The van der Waals surface area contributed by atoms with Crippen molar-refractivity contribution in [2.24, 2.45) is 0 Å².